The Morgan fingerprint density at radius 2 is 1.29 bits per heavy atom. The van der Waals surface area contributed by atoms with Crippen molar-refractivity contribution in [3.05, 3.63) is 186 Å². The summed E-state index contributed by atoms with van der Waals surface area (Å²) in [5.41, 5.74) is 7.32. The molecule has 1 amide bonds. The molecule has 0 bridgehead atoms. The minimum Gasteiger partial charge on any atom is -0.326 e. The van der Waals surface area contributed by atoms with E-state index in [2.05, 4.69) is 160 Å². The van der Waals surface area contributed by atoms with E-state index in [0.29, 0.717) is 5.92 Å². The van der Waals surface area contributed by atoms with Crippen LogP contribution in [0, 0.1) is 11.8 Å². The van der Waals surface area contributed by atoms with E-state index < -0.39 is 5.54 Å². The SMILES string of the molecule is CN1CC(Cc2ccccc2)CC(C(=O)Nc2ccc3c(c2)c(-c2ccncc2)nn3C(c2ccccc2)(c2ccccc2)c2ccccc2)C1. The lowest BCUT2D eigenvalue weighted by Crippen LogP contribution is -2.43. The molecule has 0 aliphatic carbocycles. The number of nitrogens with zero attached hydrogens (tertiary/aromatic N) is 4. The van der Waals surface area contributed by atoms with Gasteiger partial charge in [-0.3, -0.25) is 9.78 Å². The van der Waals surface area contributed by atoms with Gasteiger partial charge in [-0.2, -0.15) is 5.10 Å². The average molecular weight is 668 g/mol. The fraction of sp³-hybridized carbons (Fsp3) is 0.178. The molecule has 3 heterocycles. The molecule has 8 rings (SSSR count). The zero-order valence-corrected chi connectivity index (χ0v) is 28.8. The molecule has 2 aromatic heterocycles. The Balaban J connectivity index is 1.24. The summed E-state index contributed by atoms with van der Waals surface area (Å²) in [7, 11) is 2.12. The van der Waals surface area contributed by atoms with Crippen LogP contribution in [0.25, 0.3) is 22.2 Å². The summed E-state index contributed by atoms with van der Waals surface area (Å²) >= 11 is 0. The molecule has 6 nitrogen and oxygen atoms in total. The first-order valence-electron chi connectivity index (χ1n) is 17.7. The molecule has 6 heteroatoms. The van der Waals surface area contributed by atoms with E-state index in [1.54, 1.807) is 12.4 Å². The van der Waals surface area contributed by atoms with Crippen LogP contribution in [0.4, 0.5) is 5.69 Å². The second-order valence-electron chi connectivity index (χ2n) is 13.7. The number of aromatic nitrogens is 3. The summed E-state index contributed by atoms with van der Waals surface area (Å²) < 4.78 is 2.17. The highest BCUT2D eigenvalue weighted by atomic mass is 16.1. The first-order chi connectivity index (χ1) is 25.1. The quantitative estimate of drug-likeness (QED) is 0.157. The van der Waals surface area contributed by atoms with Crippen molar-refractivity contribution < 1.29 is 4.79 Å². The summed E-state index contributed by atoms with van der Waals surface area (Å²) in [5.74, 6) is 0.379. The molecule has 1 N–H and O–H groups in total. The lowest BCUT2D eigenvalue weighted by Gasteiger charge is -2.37. The van der Waals surface area contributed by atoms with Crippen molar-refractivity contribution in [1.29, 1.82) is 0 Å². The van der Waals surface area contributed by atoms with Gasteiger partial charge in [0.15, 0.2) is 0 Å². The van der Waals surface area contributed by atoms with Crippen molar-refractivity contribution in [2.75, 3.05) is 25.5 Å². The van der Waals surface area contributed by atoms with Gasteiger partial charge in [-0.05, 0) is 78.4 Å². The van der Waals surface area contributed by atoms with E-state index in [9.17, 15) is 4.79 Å². The van der Waals surface area contributed by atoms with Gasteiger partial charge in [-0.1, -0.05) is 121 Å². The molecule has 2 unspecified atom stereocenters. The van der Waals surface area contributed by atoms with Crippen LogP contribution in [0.3, 0.4) is 0 Å². The van der Waals surface area contributed by atoms with Crippen molar-refractivity contribution in [1.82, 2.24) is 19.7 Å². The lowest BCUT2D eigenvalue weighted by atomic mass is 9.77. The zero-order valence-electron chi connectivity index (χ0n) is 28.8. The predicted molar refractivity (Wildman–Crippen MR) is 205 cm³/mol. The van der Waals surface area contributed by atoms with Crippen LogP contribution >= 0.6 is 0 Å². The highest BCUT2D eigenvalue weighted by Crippen LogP contribution is 2.44. The monoisotopic (exact) mass is 667 g/mol. The number of hydrogen-bond acceptors (Lipinski definition) is 4. The third kappa shape index (κ3) is 6.35. The number of pyridine rings is 1. The highest BCUT2D eigenvalue weighted by Gasteiger charge is 2.41. The third-order valence-electron chi connectivity index (χ3n) is 10.3. The fourth-order valence-corrected chi connectivity index (χ4v) is 8.05. The highest BCUT2D eigenvalue weighted by molar-refractivity contribution is 5.99. The Labute approximate surface area is 299 Å². The molecular formula is C45H41N5O. The number of benzene rings is 5. The molecule has 5 aromatic carbocycles. The number of amides is 1. The lowest BCUT2D eigenvalue weighted by molar-refractivity contribution is -0.122. The molecule has 7 aromatic rings. The second-order valence-corrected chi connectivity index (χ2v) is 13.7. The van der Waals surface area contributed by atoms with E-state index in [-0.39, 0.29) is 11.8 Å². The molecule has 1 aliphatic heterocycles. The van der Waals surface area contributed by atoms with E-state index in [1.165, 1.54) is 5.56 Å². The van der Waals surface area contributed by atoms with Crippen molar-refractivity contribution in [2.24, 2.45) is 11.8 Å². The van der Waals surface area contributed by atoms with Crippen molar-refractivity contribution >= 4 is 22.5 Å². The molecule has 0 radical (unpaired) electrons. The van der Waals surface area contributed by atoms with Gasteiger partial charge < -0.3 is 10.2 Å². The molecular weight excluding hydrogens is 627 g/mol. The average Bonchev–Trinajstić information content (AvgIpc) is 3.56. The van der Waals surface area contributed by atoms with Gasteiger partial charge in [0.05, 0.1) is 11.4 Å². The molecule has 0 spiro atoms. The number of hydrogen-bond donors (Lipinski definition) is 1. The summed E-state index contributed by atoms with van der Waals surface area (Å²) in [5, 5.41) is 9.77. The number of nitrogens with one attached hydrogen (secondary N) is 1. The minimum absolute atomic E-state index is 0.0593. The molecule has 252 valence electrons. The maximum atomic E-state index is 14.0. The van der Waals surface area contributed by atoms with Gasteiger partial charge >= 0.3 is 0 Å². The fourth-order valence-electron chi connectivity index (χ4n) is 8.05. The Morgan fingerprint density at radius 3 is 1.88 bits per heavy atom. The first-order valence-corrected chi connectivity index (χ1v) is 17.7. The molecule has 51 heavy (non-hydrogen) atoms. The number of likely N-dealkylation sites (tertiary alicyclic amines) is 1. The van der Waals surface area contributed by atoms with Gasteiger partial charge in [0.25, 0.3) is 0 Å². The molecule has 0 saturated carbocycles. The Morgan fingerprint density at radius 1 is 0.725 bits per heavy atom. The number of anilines is 1. The number of carbonyl (C=O) groups is 1. The smallest absolute Gasteiger partial charge is 0.228 e. The topological polar surface area (TPSA) is 63.1 Å². The Kier molecular flexibility index (Phi) is 8.99. The Bertz CT molecular complexity index is 2120. The first kappa shape index (κ1) is 32.4. The van der Waals surface area contributed by atoms with Crippen molar-refractivity contribution in [3.8, 4) is 11.3 Å². The summed E-state index contributed by atoms with van der Waals surface area (Å²) in [6, 6.07) is 52.6. The summed E-state index contributed by atoms with van der Waals surface area (Å²) in [6.07, 6.45) is 5.44. The minimum atomic E-state index is -0.793. The second kappa shape index (κ2) is 14.2. The van der Waals surface area contributed by atoms with Crippen LogP contribution in [0.1, 0.15) is 28.7 Å². The van der Waals surface area contributed by atoms with Crippen LogP contribution in [-0.4, -0.2) is 45.7 Å². The Hall–Kier alpha value is -5.85. The standard InChI is InChI=1S/C45H41N5O/c1-49-31-34(28-33-14-6-2-7-15-33)29-36(32-49)44(51)47-40-22-23-42-41(30-40)43(35-24-26-46-27-25-35)48-50(42)45(37-16-8-3-9-17-37,38-18-10-4-11-19-38)39-20-12-5-13-21-39/h2-27,30,34,36H,28-29,31-32H2,1H3,(H,47,51). The predicted octanol–water partition coefficient (Wildman–Crippen LogP) is 8.69. The zero-order chi connectivity index (χ0) is 34.6. The van der Waals surface area contributed by atoms with E-state index in [1.807, 2.05) is 18.2 Å². The van der Waals surface area contributed by atoms with Crippen LogP contribution < -0.4 is 5.32 Å². The van der Waals surface area contributed by atoms with Gasteiger partial charge in [0.1, 0.15) is 11.2 Å². The summed E-state index contributed by atoms with van der Waals surface area (Å²) in [6.45, 7) is 1.73. The normalized spacial score (nSPS) is 16.6. The van der Waals surface area contributed by atoms with Crippen molar-refractivity contribution in [2.45, 2.75) is 18.4 Å². The molecule has 2 atom stereocenters. The number of fused-ring (bicyclic) bond motifs is 1. The van der Waals surface area contributed by atoms with Crippen LogP contribution in [-0.2, 0) is 16.8 Å². The van der Waals surface area contributed by atoms with Gasteiger partial charge in [0.2, 0.25) is 5.91 Å². The van der Waals surface area contributed by atoms with Crippen LogP contribution in [0.2, 0.25) is 0 Å². The molecule has 1 aliphatic rings. The third-order valence-corrected chi connectivity index (χ3v) is 10.3. The maximum absolute atomic E-state index is 14.0. The summed E-state index contributed by atoms with van der Waals surface area (Å²) in [4.78, 5) is 20.6. The van der Waals surface area contributed by atoms with Gasteiger partial charge in [-0.15, -0.1) is 0 Å². The van der Waals surface area contributed by atoms with Gasteiger partial charge in [0, 0.05) is 42.1 Å². The molecule has 1 saturated heterocycles. The van der Waals surface area contributed by atoms with Crippen molar-refractivity contribution in [3.63, 3.8) is 0 Å². The largest absolute Gasteiger partial charge is 0.326 e. The number of rotatable bonds is 9. The van der Waals surface area contributed by atoms with E-state index in [0.717, 1.165) is 70.5 Å². The van der Waals surface area contributed by atoms with Gasteiger partial charge in [-0.25, -0.2) is 4.68 Å². The number of piperidine rings is 1. The molecule has 1 fully saturated rings. The maximum Gasteiger partial charge on any atom is 0.228 e. The van der Waals surface area contributed by atoms with Crippen LogP contribution in [0.15, 0.2) is 164 Å². The van der Waals surface area contributed by atoms with E-state index >= 15 is 0 Å². The van der Waals surface area contributed by atoms with Crippen LogP contribution in [0.5, 0.6) is 0 Å². The van der Waals surface area contributed by atoms with E-state index in [4.69, 9.17) is 5.10 Å². The number of carbonyl (C=O) groups excluding carboxylic acids is 1.